The van der Waals surface area contributed by atoms with Crippen LogP contribution >= 0.6 is 0 Å². The molecular weight excluding hydrogens is 326 g/mol. The van der Waals surface area contributed by atoms with Crippen LogP contribution in [-0.2, 0) is 4.79 Å². The number of aryl methyl sites for hydroxylation is 1. The van der Waals surface area contributed by atoms with Gasteiger partial charge in [-0.15, -0.1) is 0 Å². The van der Waals surface area contributed by atoms with Gasteiger partial charge in [-0.05, 0) is 51.3 Å². The summed E-state index contributed by atoms with van der Waals surface area (Å²) in [4.78, 5) is 26.4. The number of ether oxygens (including phenoxy) is 1. The Morgan fingerprint density at radius 2 is 1.88 bits per heavy atom. The number of carbonyl (C=O) groups is 2. The van der Waals surface area contributed by atoms with Crippen molar-refractivity contribution in [3.63, 3.8) is 0 Å². The Morgan fingerprint density at radius 1 is 1.15 bits per heavy atom. The van der Waals surface area contributed by atoms with Gasteiger partial charge in [0.05, 0.1) is 6.04 Å². The molecule has 1 aliphatic rings. The SMILES string of the molecule is CC(=O)c1cccc(OC(C)C(=O)N2CCCC2c2ccc(C)cc2)c1. The maximum absolute atomic E-state index is 13.0. The van der Waals surface area contributed by atoms with E-state index in [1.165, 1.54) is 18.1 Å². The van der Waals surface area contributed by atoms with Gasteiger partial charge in [0.1, 0.15) is 5.75 Å². The minimum absolute atomic E-state index is 0.0127. The molecule has 0 spiro atoms. The number of carbonyl (C=O) groups excluding carboxylic acids is 2. The molecule has 0 aromatic heterocycles. The predicted molar refractivity (Wildman–Crippen MR) is 101 cm³/mol. The number of amides is 1. The van der Waals surface area contributed by atoms with Crippen LogP contribution in [0.1, 0.15) is 54.2 Å². The van der Waals surface area contributed by atoms with Crippen molar-refractivity contribution in [1.82, 2.24) is 4.90 Å². The number of ketones is 1. The van der Waals surface area contributed by atoms with Gasteiger partial charge in [-0.1, -0.05) is 42.0 Å². The summed E-state index contributed by atoms with van der Waals surface area (Å²) in [6.45, 7) is 6.10. The van der Waals surface area contributed by atoms with Crippen LogP contribution in [-0.4, -0.2) is 29.2 Å². The van der Waals surface area contributed by atoms with E-state index in [9.17, 15) is 9.59 Å². The first-order valence-corrected chi connectivity index (χ1v) is 9.10. The molecule has 2 aromatic carbocycles. The largest absolute Gasteiger partial charge is 0.481 e. The van der Waals surface area contributed by atoms with Crippen molar-refractivity contribution < 1.29 is 14.3 Å². The summed E-state index contributed by atoms with van der Waals surface area (Å²) < 4.78 is 5.84. The molecule has 2 atom stereocenters. The van der Waals surface area contributed by atoms with E-state index in [-0.39, 0.29) is 17.7 Å². The van der Waals surface area contributed by atoms with Crippen molar-refractivity contribution in [1.29, 1.82) is 0 Å². The van der Waals surface area contributed by atoms with E-state index in [1.807, 2.05) is 4.90 Å². The first-order chi connectivity index (χ1) is 12.5. The number of nitrogens with zero attached hydrogens (tertiary/aromatic N) is 1. The van der Waals surface area contributed by atoms with Crippen LogP contribution < -0.4 is 4.74 Å². The first kappa shape index (κ1) is 18.2. The highest BCUT2D eigenvalue weighted by Gasteiger charge is 2.33. The lowest BCUT2D eigenvalue weighted by Gasteiger charge is -2.28. The van der Waals surface area contributed by atoms with Crippen molar-refractivity contribution in [3.05, 3.63) is 65.2 Å². The molecule has 2 aromatic rings. The monoisotopic (exact) mass is 351 g/mol. The predicted octanol–water partition coefficient (Wildman–Crippen LogP) is 4.33. The molecule has 26 heavy (non-hydrogen) atoms. The van der Waals surface area contributed by atoms with E-state index in [1.54, 1.807) is 31.2 Å². The zero-order chi connectivity index (χ0) is 18.7. The lowest BCUT2D eigenvalue weighted by atomic mass is 10.0. The van der Waals surface area contributed by atoms with Crippen LogP contribution in [0.4, 0.5) is 0 Å². The third kappa shape index (κ3) is 3.96. The van der Waals surface area contributed by atoms with E-state index in [0.29, 0.717) is 11.3 Å². The van der Waals surface area contributed by atoms with Crippen LogP contribution in [0, 0.1) is 6.92 Å². The molecule has 4 nitrogen and oxygen atoms in total. The van der Waals surface area contributed by atoms with Crippen LogP contribution in [0.5, 0.6) is 5.75 Å². The average molecular weight is 351 g/mol. The second-order valence-corrected chi connectivity index (χ2v) is 6.94. The van der Waals surface area contributed by atoms with Gasteiger partial charge in [-0.25, -0.2) is 0 Å². The zero-order valence-corrected chi connectivity index (χ0v) is 15.6. The molecule has 1 aliphatic heterocycles. The summed E-state index contributed by atoms with van der Waals surface area (Å²) in [5.41, 5.74) is 2.97. The molecule has 1 fully saturated rings. The Labute approximate surface area is 154 Å². The van der Waals surface area contributed by atoms with Crippen molar-refractivity contribution >= 4 is 11.7 Å². The summed E-state index contributed by atoms with van der Waals surface area (Å²) in [5, 5.41) is 0. The topological polar surface area (TPSA) is 46.6 Å². The Bertz CT molecular complexity index is 797. The third-order valence-corrected chi connectivity index (χ3v) is 4.90. The fraction of sp³-hybridized carbons (Fsp3) is 0.364. The van der Waals surface area contributed by atoms with Gasteiger partial charge >= 0.3 is 0 Å². The highest BCUT2D eigenvalue weighted by atomic mass is 16.5. The standard InChI is InChI=1S/C22H25NO3/c1-15-9-11-18(12-10-15)21-8-5-13-23(21)22(25)17(3)26-20-7-4-6-19(14-20)16(2)24/h4,6-7,9-12,14,17,21H,5,8,13H2,1-3H3. The number of hydrogen-bond acceptors (Lipinski definition) is 3. The highest BCUT2D eigenvalue weighted by Crippen LogP contribution is 2.33. The summed E-state index contributed by atoms with van der Waals surface area (Å²) in [5.74, 6) is 0.513. The Balaban J connectivity index is 1.72. The zero-order valence-electron chi connectivity index (χ0n) is 15.6. The molecule has 1 amide bonds. The van der Waals surface area contributed by atoms with Crippen LogP contribution in [0.25, 0.3) is 0 Å². The molecule has 0 aliphatic carbocycles. The highest BCUT2D eigenvalue weighted by molar-refractivity contribution is 5.94. The molecular formula is C22H25NO3. The van der Waals surface area contributed by atoms with Gasteiger partial charge in [0, 0.05) is 12.1 Å². The number of Topliss-reactive ketones (excluding diaryl/α,β-unsaturated/α-hetero) is 1. The second kappa shape index (κ2) is 7.73. The van der Waals surface area contributed by atoms with Gasteiger partial charge in [0.15, 0.2) is 11.9 Å². The van der Waals surface area contributed by atoms with Gasteiger partial charge in [-0.3, -0.25) is 9.59 Å². The Kier molecular flexibility index (Phi) is 5.40. The van der Waals surface area contributed by atoms with E-state index in [2.05, 4.69) is 31.2 Å². The van der Waals surface area contributed by atoms with Crippen LogP contribution in [0.2, 0.25) is 0 Å². The maximum Gasteiger partial charge on any atom is 0.263 e. The summed E-state index contributed by atoms with van der Waals surface area (Å²) in [6.07, 6.45) is 1.38. The van der Waals surface area contributed by atoms with Crippen molar-refractivity contribution in [2.75, 3.05) is 6.54 Å². The minimum atomic E-state index is -0.594. The van der Waals surface area contributed by atoms with Gasteiger partial charge in [0.25, 0.3) is 5.91 Å². The van der Waals surface area contributed by atoms with Gasteiger partial charge in [0.2, 0.25) is 0 Å². The lowest BCUT2D eigenvalue weighted by molar-refractivity contribution is -0.138. The molecule has 0 saturated carbocycles. The molecule has 0 N–H and O–H groups in total. The molecule has 0 bridgehead atoms. The summed E-state index contributed by atoms with van der Waals surface area (Å²) in [6, 6.07) is 15.5. The average Bonchev–Trinajstić information content (AvgIpc) is 3.11. The number of hydrogen-bond donors (Lipinski definition) is 0. The lowest BCUT2D eigenvalue weighted by Crippen LogP contribution is -2.40. The molecule has 136 valence electrons. The fourth-order valence-electron chi connectivity index (χ4n) is 3.44. The quantitative estimate of drug-likeness (QED) is 0.753. The maximum atomic E-state index is 13.0. The van der Waals surface area contributed by atoms with E-state index < -0.39 is 6.10 Å². The third-order valence-electron chi connectivity index (χ3n) is 4.90. The molecule has 2 unspecified atom stereocenters. The molecule has 1 saturated heterocycles. The van der Waals surface area contributed by atoms with E-state index in [4.69, 9.17) is 4.74 Å². The number of benzene rings is 2. The molecule has 3 rings (SSSR count). The normalized spacial score (nSPS) is 17.8. The minimum Gasteiger partial charge on any atom is -0.481 e. The summed E-state index contributed by atoms with van der Waals surface area (Å²) >= 11 is 0. The molecule has 1 heterocycles. The Hall–Kier alpha value is -2.62. The van der Waals surface area contributed by atoms with E-state index in [0.717, 1.165) is 19.4 Å². The first-order valence-electron chi connectivity index (χ1n) is 9.10. The molecule has 4 heteroatoms. The van der Waals surface area contributed by atoms with Crippen molar-refractivity contribution in [2.45, 2.75) is 45.8 Å². The Morgan fingerprint density at radius 3 is 2.58 bits per heavy atom. The van der Waals surface area contributed by atoms with Crippen molar-refractivity contribution in [3.8, 4) is 5.75 Å². The van der Waals surface area contributed by atoms with Gasteiger partial charge in [-0.2, -0.15) is 0 Å². The van der Waals surface area contributed by atoms with Gasteiger partial charge < -0.3 is 9.64 Å². The van der Waals surface area contributed by atoms with Crippen molar-refractivity contribution in [2.24, 2.45) is 0 Å². The fourth-order valence-corrected chi connectivity index (χ4v) is 3.44. The van der Waals surface area contributed by atoms with E-state index >= 15 is 0 Å². The van der Waals surface area contributed by atoms with Crippen LogP contribution in [0.15, 0.2) is 48.5 Å². The smallest absolute Gasteiger partial charge is 0.263 e. The number of likely N-dealkylation sites (tertiary alicyclic amines) is 1. The number of rotatable bonds is 5. The van der Waals surface area contributed by atoms with Crippen LogP contribution in [0.3, 0.4) is 0 Å². The molecule has 0 radical (unpaired) electrons. The summed E-state index contributed by atoms with van der Waals surface area (Å²) in [7, 11) is 0. The second-order valence-electron chi connectivity index (χ2n) is 6.94.